The van der Waals surface area contributed by atoms with E-state index in [0.29, 0.717) is 12.0 Å². The SMILES string of the molecule is CC(C)c1nc2c(c3c1[C@@H](c1ccc(C(F)(F)F)c(F)c1)OC31CCCC1)[C@@H](O)CC(C)(C)C2. The van der Waals surface area contributed by atoms with Crippen molar-refractivity contribution in [1.82, 2.24) is 4.98 Å². The van der Waals surface area contributed by atoms with Crippen LogP contribution in [0.4, 0.5) is 17.6 Å². The number of fused-ring (bicyclic) bond motifs is 4. The van der Waals surface area contributed by atoms with E-state index in [4.69, 9.17) is 9.72 Å². The van der Waals surface area contributed by atoms with Gasteiger partial charge in [-0.3, -0.25) is 4.98 Å². The molecule has 184 valence electrons. The number of aliphatic hydroxyl groups is 1. The zero-order chi connectivity index (χ0) is 24.6. The summed E-state index contributed by atoms with van der Waals surface area (Å²) in [7, 11) is 0. The second kappa shape index (κ2) is 7.76. The minimum atomic E-state index is -4.76. The first-order valence-electron chi connectivity index (χ1n) is 12.1. The van der Waals surface area contributed by atoms with Gasteiger partial charge in [-0.05, 0) is 60.3 Å². The Kier molecular flexibility index (Phi) is 5.41. The second-order valence-electron chi connectivity index (χ2n) is 11.3. The van der Waals surface area contributed by atoms with Gasteiger partial charge in [0.05, 0.1) is 17.3 Å². The number of benzene rings is 1. The van der Waals surface area contributed by atoms with Crippen LogP contribution in [0.5, 0.6) is 0 Å². The van der Waals surface area contributed by atoms with E-state index in [9.17, 15) is 22.7 Å². The molecule has 2 atom stereocenters. The zero-order valence-electron chi connectivity index (χ0n) is 20.0. The van der Waals surface area contributed by atoms with Gasteiger partial charge in [0, 0.05) is 22.5 Å². The number of pyridine rings is 1. The van der Waals surface area contributed by atoms with Gasteiger partial charge in [0.2, 0.25) is 0 Å². The van der Waals surface area contributed by atoms with Gasteiger partial charge in [0.25, 0.3) is 0 Å². The normalized spacial score (nSPS) is 25.1. The molecular formula is C27H31F4NO2. The third-order valence-electron chi connectivity index (χ3n) is 7.73. The summed E-state index contributed by atoms with van der Waals surface area (Å²) in [4.78, 5) is 5.03. The molecule has 34 heavy (non-hydrogen) atoms. The monoisotopic (exact) mass is 477 g/mol. The van der Waals surface area contributed by atoms with Gasteiger partial charge < -0.3 is 9.84 Å². The molecule has 0 unspecified atom stereocenters. The lowest BCUT2D eigenvalue weighted by atomic mass is 9.70. The van der Waals surface area contributed by atoms with Crippen LogP contribution in [-0.4, -0.2) is 10.1 Å². The van der Waals surface area contributed by atoms with Gasteiger partial charge in [-0.1, -0.05) is 46.6 Å². The standard InChI is InChI=1S/C27H31F4NO2/c1-14(2)23-21-22(20-18(32-23)12-25(3,4)13-19(20)33)26(9-5-6-10-26)34-24(21)15-7-8-16(17(28)11-15)27(29,30)31/h7-8,11,14,19,24,33H,5-6,9-10,12-13H2,1-4H3/t19-,24+/m0/s1. The van der Waals surface area contributed by atoms with Crippen LogP contribution in [0.15, 0.2) is 18.2 Å². The highest BCUT2D eigenvalue weighted by Crippen LogP contribution is 2.59. The highest BCUT2D eigenvalue weighted by molar-refractivity contribution is 5.54. The van der Waals surface area contributed by atoms with Crippen LogP contribution in [-0.2, 0) is 22.9 Å². The predicted molar refractivity (Wildman–Crippen MR) is 120 cm³/mol. The Morgan fingerprint density at radius 2 is 1.79 bits per heavy atom. The van der Waals surface area contributed by atoms with Crippen LogP contribution in [0.25, 0.3) is 0 Å². The molecule has 1 N–H and O–H groups in total. The van der Waals surface area contributed by atoms with E-state index < -0.39 is 35.4 Å². The van der Waals surface area contributed by atoms with Crippen LogP contribution < -0.4 is 0 Å². The van der Waals surface area contributed by atoms with E-state index in [1.54, 1.807) is 0 Å². The summed E-state index contributed by atoms with van der Waals surface area (Å²) in [6, 6.07) is 3.07. The summed E-state index contributed by atoms with van der Waals surface area (Å²) in [6.07, 6.45) is -1.37. The Balaban J connectivity index is 1.75. The summed E-state index contributed by atoms with van der Waals surface area (Å²) in [5.41, 5.74) is 2.67. The molecule has 1 aliphatic heterocycles. The molecule has 2 aliphatic carbocycles. The highest BCUT2D eigenvalue weighted by atomic mass is 19.4. The zero-order valence-corrected chi connectivity index (χ0v) is 20.0. The highest BCUT2D eigenvalue weighted by Gasteiger charge is 2.52. The smallest absolute Gasteiger partial charge is 0.388 e. The topological polar surface area (TPSA) is 42.4 Å². The number of rotatable bonds is 2. The molecule has 3 aliphatic rings. The fourth-order valence-electron chi connectivity index (χ4n) is 6.34. The number of halogens is 4. The number of nitrogens with zero attached hydrogens (tertiary/aromatic N) is 1. The Hall–Kier alpha value is -1.99. The average Bonchev–Trinajstić information content (AvgIpc) is 3.31. The van der Waals surface area contributed by atoms with Gasteiger partial charge in [0.15, 0.2) is 0 Å². The largest absolute Gasteiger partial charge is 0.419 e. The molecule has 0 saturated heterocycles. The van der Waals surface area contributed by atoms with Crippen LogP contribution in [0.1, 0.15) is 117 Å². The molecule has 1 aromatic heterocycles. The fourth-order valence-corrected chi connectivity index (χ4v) is 6.34. The third-order valence-corrected chi connectivity index (χ3v) is 7.73. The van der Waals surface area contributed by atoms with Gasteiger partial charge in [-0.15, -0.1) is 0 Å². The minimum Gasteiger partial charge on any atom is -0.388 e. The van der Waals surface area contributed by atoms with E-state index in [2.05, 4.69) is 13.8 Å². The van der Waals surface area contributed by atoms with Crippen molar-refractivity contribution in [1.29, 1.82) is 0 Å². The Labute approximate surface area is 197 Å². The average molecular weight is 478 g/mol. The summed E-state index contributed by atoms with van der Waals surface area (Å²) in [5, 5.41) is 11.3. The Morgan fingerprint density at radius 3 is 2.38 bits per heavy atom. The van der Waals surface area contributed by atoms with Gasteiger partial charge in [-0.2, -0.15) is 13.2 Å². The van der Waals surface area contributed by atoms with Crippen molar-refractivity contribution in [3.05, 3.63) is 63.2 Å². The number of alkyl halides is 3. The van der Waals surface area contributed by atoms with E-state index in [-0.39, 0.29) is 11.3 Å². The molecule has 0 bridgehead atoms. The lowest BCUT2D eigenvalue weighted by Gasteiger charge is -2.38. The van der Waals surface area contributed by atoms with Gasteiger partial charge in [0.1, 0.15) is 11.9 Å². The Morgan fingerprint density at radius 1 is 1.12 bits per heavy atom. The number of aliphatic hydroxyl groups excluding tert-OH is 1. The van der Waals surface area contributed by atoms with Crippen molar-refractivity contribution < 1.29 is 27.4 Å². The Bertz CT molecular complexity index is 1130. The molecule has 2 aromatic rings. The van der Waals surface area contributed by atoms with Crippen molar-refractivity contribution in [2.24, 2.45) is 5.41 Å². The summed E-state index contributed by atoms with van der Waals surface area (Å²) >= 11 is 0. The molecule has 0 amide bonds. The molecule has 1 saturated carbocycles. The molecule has 1 fully saturated rings. The van der Waals surface area contributed by atoms with Crippen molar-refractivity contribution >= 4 is 0 Å². The lowest BCUT2D eigenvalue weighted by Crippen LogP contribution is -2.32. The molecule has 3 nitrogen and oxygen atoms in total. The van der Waals surface area contributed by atoms with Crippen molar-refractivity contribution in [3.8, 4) is 0 Å². The number of hydrogen-bond donors (Lipinski definition) is 1. The van der Waals surface area contributed by atoms with Crippen molar-refractivity contribution in [2.75, 3.05) is 0 Å². The maximum atomic E-state index is 14.6. The predicted octanol–water partition coefficient (Wildman–Crippen LogP) is 7.26. The molecule has 7 heteroatoms. The molecule has 1 aromatic carbocycles. The van der Waals surface area contributed by atoms with Crippen LogP contribution in [0.3, 0.4) is 0 Å². The van der Waals surface area contributed by atoms with E-state index in [0.717, 1.165) is 72.3 Å². The van der Waals surface area contributed by atoms with Crippen LogP contribution in [0.2, 0.25) is 0 Å². The molecule has 0 radical (unpaired) electrons. The first-order valence-corrected chi connectivity index (χ1v) is 12.1. The number of aromatic nitrogens is 1. The van der Waals surface area contributed by atoms with Gasteiger partial charge in [-0.25, -0.2) is 4.39 Å². The maximum absolute atomic E-state index is 14.6. The van der Waals surface area contributed by atoms with E-state index >= 15 is 0 Å². The minimum absolute atomic E-state index is 0.0307. The third kappa shape index (κ3) is 3.67. The molecule has 2 heterocycles. The first kappa shape index (κ1) is 23.7. The second-order valence-corrected chi connectivity index (χ2v) is 11.3. The van der Waals surface area contributed by atoms with Gasteiger partial charge >= 0.3 is 6.18 Å². The van der Waals surface area contributed by atoms with Crippen molar-refractivity contribution in [2.45, 2.75) is 96.1 Å². The first-order chi connectivity index (χ1) is 15.8. The molecule has 5 rings (SSSR count). The summed E-state index contributed by atoms with van der Waals surface area (Å²) < 4.78 is 60.9. The van der Waals surface area contributed by atoms with Crippen LogP contribution >= 0.6 is 0 Å². The van der Waals surface area contributed by atoms with E-state index in [1.165, 1.54) is 6.07 Å². The summed E-state index contributed by atoms with van der Waals surface area (Å²) in [6.45, 7) is 8.31. The van der Waals surface area contributed by atoms with E-state index in [1.807, 2.05) is 13.8 Å². The molecule has 1 spiro atoms. The lowest BCUT2D eigenvalue weighted by molar-refractivity contribution is -0.140. The van der Waals surface area contributed by atoms with Crippen LogP contribution in [0, 0.1) is 11.2 Å². The number of hydrogen-bond acceptors (Lipinski definition) is 3. The number of ether oxygens (including phenoxy) is 1. The quantitative estimate of drug-likeness (QED) is 0.463. The summed E-state index contributed by atoms with van der Waals surface area (Å²) in [5.74, 6) is -1.27. The maximum Gasteiger partial charge on any atom is 0.419 e. The molecular weight excluding hydrogens is 446 g/mol. The fraction of sp³-hybridized carbons (Fsp3) is 0.593. The van der Waals surface area contributed by atoms with Crippen molar-refractivity contribution in [3.63, 3.8) is 0 Å².